The number of nitrogens with zero attached hydrogens (tertiary/aromatic N) is 1. The van der Waals surface area contributed by atoms with E-state index in [1.165, 1.54) is 23.9 Å². The van der Waals surface area contributed by atoms with Crippen LogP contribution in [0.25, 0.3) is 0 Å². The van der Waals surface area contributed by atoms with Crippen molar-refractivity contribution in [3.63, 3.8) is 0 Å². The molecule has 0 saturated heterocycles. The summed E-state index contributed by atoms with van der Waals surface area (Å²) in [5, 5.41) is 10.9. The third-order valence-electron chi connectivity index (χ3n) is 4.11. The third kappa shape index (κ3) is 4.74. The predicted octanol–water partition coefficient (Wildman–Crippen LogP) is 5.28. The van der Waals surface area contributed by atoms with Crippen molar-refractivity contribution in [1.29, 1.82) is 0 Å². The lowest BCUT2D eigenvalue weighted by Gasteiger charge is -2.17. The van der Waals surface area contributed by atoms with E-state index >= 15 is 0 Å². The zero-order valence-corrected chi connectivity index (χ0v) is 15.3. The first-order valence-electron chi connectivity index (χ1n) is 8.38. The number of ketones is 1. The molecular formula is C21H18N2O3S. The molecule has 3 rings (SSSR count). The molecule has 5 nitrogen and oxygen atoms in total. The number of nitrogens with two attached hydrogens (primary N) is 1. The highest BCUT2D eigenvalue weighted by Crippen LogP contribution is 2.41. The summed E-state index contributed by atoms with van der Waals surface area (Å²) < 4.78 is 0. The second-order valence-electron chi connectivity index (χ2n) is 5.99. The molecule has 1 atom stereocenters. The average molecular weight is 378 g/mol. The second kappa shape index (κ2) is 8.51. The number of anilines is 1. The summed E-state index contributed by atoms with van der Waals surface area (Å²) in [6.45, 7) is 0. The highest BCUT2D eigenvalue weighted by Gasteiger charge is 2.21. The van der Waals surface area contributed by atoms with Crippen molar-refractivity contribution in [1.82, 2.24) is 0 Å². The van der Waals surface area contributed by atoms with Gasteiger partial charge in [0.1, 0.15) is 0 Å². The summed E-state index contributed by atoms with van der Waals surface area (Å²) in [6, 6.07) is 22.9. The fourth-order valence-electron chi connectivity index (χ4n) is 2.72. The van der Waals surface area contributed by atoms with E-state index in [9.17, 15) is 14.9 Å². The number of non-ortho nitro benzene ring substituents is 1. The molecule has 0 radical (unpaired) electrons. The molecular weight excluding hydrogens is 360 g/mol. The normalized spacial score (nSPS) is 11.7. The summed E-state index contributed by atoms with van der Waals surface area (Å²) >= 11 is 1.44. The Hall–Kier alpha value is -3.12. The van der Waals surface area contributed by atoms with Gasteiger partial charge in [-0.15, -0.1) is 11.8 Å². The fraction of sp³-hybridized carbons (Fsp3) is 0.0952. The molecule has 3 aromatic rings. The van der Waals surface area contributed by atoms with E-state index in [4.69, 9.17) is 5.73 Å². The van der Waals surface area contributed by atoms with Crippen molar-refractivity contribution in [2.75, 3.05) is 5.73 Å². The van der Waals surface area contributed by atoms with Gasteiger partial charge >= 0.3 is 0 Å². The van der Waals surface area contributed by atoms with Gasteiger partial charge in [-0.05, 0) is 17.7 Å². The molecule has 0 fully saturated rings. The molecule has 0 amide bonds. The maximum Gasteiger partial charge on any atom is 0.269 e. The summed E-state index contributed by atoms with van der Waals surface area (Å²) in [5.41, 5.74) is 8.02. The first-order valence-corrected chi connectivity index (χ1v) is 9.26. The lowest BCUT2D eigenvalue weighted by atomic mass is 10.0. The van der Waals surface area contributed by atoms with Gasteiger partial charge in [0.05, 0.1) is 4.92 Å². The van der Waals surface area contributed by atoms with Crippen molar-refractivity contribution in [3.05, 3.63) is 100 Å². The van der Waals surface area contributed by atoms with Crippen molar-refractivity contribution in [3.8, 4) is 0 Å². The number of hydrogen-bond donors (Lipinski definition) is 1. The standard InChI is InChI=1S/C21H18N2O3S/c22-18-11-4-5-12-20(18)27-21(14-19(24)15-7-2-1-3-8-15)16-9-6-10-17(13-16)23(25)26/h1-13,21H,14,22H2/t21-/m1/s1. The van der Waals surface area contributed by atoms with Crippen LogP contribution in [-0.4, -0.2) is 10.7 Å². The molecule has 0 saturated carbocycles. The summed E-state index contributed by atoms with van der Waals surface area (Å²) in [4.78, 5) is 24.3. The topological polar surface area (TPSA) is 86.2 Å². The van der Waals surface area contributed by atoms with E-state index < -0.39 is 4.92 Å². The Kier molecular flexibility index (Phi) is 5.88. The van der Waals surface area contributed by atoms with Gasteiger partial charge in [-0.25, -0.2) is 0 Å². The highest BCUT2D eigenvalue weighted by atomic mass is 32.2. The number of nitro benzene ring substituents is 1. The van der Waals surface area contributed by atoms with Gasteiger partial charge in [0, 0.05) is 39.9 Å². The van der Waals surface area contributed by atoms with Crippen LogP contribution in [0.2, 0.25) is 0 Å². The first-order chi connectivity index (χ1) is 13.0. The van der Waals surface area contributed by atoms with Gasteiger partial charge in [0.25, 0.3) is 5.69 Å². The Balaban J connectivity index is 1.93. The van der Waals surface area contributed by atoms with Crippen molar-refractivity contribution >= 4 is 28.9 Å². The van der Waals surface area contributed by atoms with Gasteiger partial charge in [0.15, 0.2) is 5.78 Å². The number of carbonyl (C=O) groups is 1. The minimum absolute atomic E-state index is 0.00583. The van der Waals surface area contributed by atoms with E-state index in [0.29, 0.717) is 11.3 Å². The van der Waals surface area contributed by atoms with Gasteiger partial charge in [-0.2, -0.15) is 0 Å². The number of hydrogen-bond acceptors (Lipinski definition) is 5. The zero-order valence-electron chi connectivity index (χ0n) is 14.4. The highest BCUT2D eigenvalue weighted by molar-refractivity contribution is 7.99. The van der Waals surface area contributed by atoms with E-state index in [0.717, 1.165) is 10.5 Å². The molecule has 0 spiro atoms. The number of nitrogen functional groups attached to an aromatic ring is 1. The summed E-state index contributed by atoms with van der Waals surface area (Å²) in [5.74, 6) is -0.0193. The van der Waals surface area contributed by atoms with Crippen LogP contribution >= 0.6 is 11.8 Å². The maximum atomic E-state index is 12.7. The summed E-state index contributed by atoms with van der Waals surface area (Å²) in [7, 11) is 0. The Bertz CT molecular complexity index is 960. The van der Waals surface area contributed by atoms with Crippen molar-refractivity contribution in [2.45, 2.75) is 16.6 Å². The van der Waals surface area contributed by atoms with Crippen LogP contribution in [0.1, 0.15) is 27.6 Å². The fourth-order valence-corrected chi connectivity index (χ4v) is 3.90. The lowest BCUT2D eigenvalue weighted by molar-refractivity contribution is -0.384. The molecule has 6 heteroatoms. The Labute approximate surface area is 161 Å². The van der Waals surface area contributed by atoms with Crippen LogP contribution in [0.15, 0.2) is 83.8 Å². The van der Waals surface area contributed by atoms with Crippen LogP contribution in [0.4, 0.5) is 11.4 Å². The number of thioether (sulfide) groups is 1. The molecule has 0 aliphatic rings. The smallest absolute Gasteiger partial charge is 0.269 e. The second-order valence-corrected chi connectivity index (χ2v) is 7.23. The van der Waals surface area contributed by atoms with Crippen LogP contribution in [0.3, 0.4) is 0 Å². The molecule has 0 aliphatic carbocycles. The van der Waals surface area contributed by atoms with Gasteiger partial charge in [-0.3, -0.25) is 14.9 Å². The number of benzene rings is 3. The van der Waals surface area contributed by atoms with Crippen LogP contribution in [-0.2, 0) is 0 Å². The first kappa shape index (κ1) is 18.7. The van der Waals surface area contributed by atoms with Crippen molar-refractivity contribution < 1.29 is 9.72 Å². The minimum atomic E-state index is -0.429. The lowest BCUT2D eigenvalue weighted by Crippen LogP contribution is -2.06. The molecule has 27 heavy (non-hydrogen) atoms. The number of Topliss-reactive ketones (excluding diaryl/α,β-unsaturated/α-hetero) is 1. The Morgan fingerprint density at radius 1 is 1.00 bits per heavy atom. The molecule has 0 bridgehead atoms. The maximum absolute atomic E-state index is 12.7. The molecule has 0 unspecified atom stereocenters. The van der Waals surface area contributed by atoms with E-state index in [-0.39, 0.29) is 23.1 Å². The van der Waals surface area contributed by atoms with Crippen molar-refractivity contribution in [2.24, 2.45) is 0 Å². The van der Waals surface area contributed by atoms with E-state index in [1.807, 2.05) is 42.5 Å². The molecule has 136 valence electrons. The zero-order chi connectivity index (χ0) is 19.2. The predicted molar refractivity (Wildman–Crippen MR) is 108 cm³/mol. The minimum Gasteiger partial charge on any atom is -0.398 e. The molecule has 3 aromatic carbocycles. The average Bonchev–Trinajstić information content (AvgIpc) is 2.69. The SMILES string of the molecule is Nc1ccccc1S[C@H](CC(=O)c1ccccc1)c1cccc([N+](=O)[O-])c1. The van der Waals surface area contributed by atoms with E-state index in [2.05, 4.69) is 0 Å². The third-order valence-corrected chi connectivity index (χ3v) is 5.46. The Morgan fingerprint density at radius 2 is 1.70 bits per heavy atom. The van der Waals surface area contributed by atoms with Crippen LogP contribution in [0, 0.1) is 10.1 Å². The molecule has 0 aromatic heterocycles. The molecule has 2 N–H and O–H groups in total. The molecule has 0 aliphatic heterocycles. The summed E-state index contributed by atoms with van der Waals surface area (Å²) in [6.07, 6.45) is 0.212. The number of para-hydroxylation sites is 1. The van der Waals surface area contributed by atoms with E-state index in [1.54, 1.807) is 24.3 Å². The van der Waals surface area contributed by atoms with Gasteiger partial charge in [0.2, 0.25) is 0 Å². The number of rotatable bonds is 7. The quantitative estimate of drug-likeness (QED) is 0.199. The largest absolute Gasteiger partial charge is 0.398 e. The van der Waals surface area contributed by atoms with Gasteiger partial charge in [-0.1, -0.05) is 54.6 Å². The number of nitro groups is 1. The van der Waals surface area contributed by atoms with Crippen LogP contribution in [0.5, 0.6) is 0 Å². The monoisotopic (exact) mass is 378 g/mol. The van der Waals surface area contributed by atoms with Crippen LogP contribution < -0.4 is 5.73 Å². The van der Waals surface area contributed by atoms with Gasteiger partial charge < -0.3 is 5.73 Å². The number of carbonyl (C=O) groups excluding carboxylic acids is 1. The Morgan fingerprint density at radius 3 is 2.41 bits per heavy atom. The molecule has 0 heterocycles.